The number of nitrogens with zero attached hydrogens (tertiary/aromatic N) is 2. The van der Waals surface area contributed by atoms with Crippen LogP contribution < -0.4 is 23.8 Å². The quantitative estimate of drug-likeness (QED) is 0.0505. The summed E-state index contributed by atoms with van der Waals surface area (Å²) in [7, 11) is 0. The fraction of sp³-hybridized carbons (Fsp3) is 0.241. The Morgan fingerprint density at radius 3 is 1.61 bits per heavy atom. The number of alkyl halides is 6. The number of amides is 1. The van der Waals surface area contributed by atoms with Gasteiger partial charge in [-0.05, 0) is 173 Å². The first kappa shape index (κ1) is 52.9. The summed E-state index contributed by atoms with van der Waals surface area (Å²) in [6, 6.07) is 39.7. The minimum atomic E-state index is -4.90. The summed E-state index contributed by atoms with van der Waals surface area (Å²) in [5.74, 6) is -0.661. The molecule has 0 aliphatic carbocycles. The van der Waals surface area contributed by atoms with Crippen molar-refractivity contribution in [3.05, 3.63) is 168 Å². The molecule has 372 valence electrons. The van der Waals surface area contributed by atoms with Crippen LogP contribution in [0.25, 0.3) is 27.7 Å². The molecule has 0 fully saturated rings. The number of halogens is 7. The lowest BCUT2D eigenvalue weighted by atomic mass is 10.0. The Balaban J connectivity index is 0.000000507. The Labute approximate surface area is 411 Å². The van der Waals surface area contributed by atoms with Gasteiger partial charge in [-0.25, -0.2) is 4.79 Å². The molecule has 0 saturated heterocycles. The molecule has 0 spiro atoms. The fourth-order valence-corrected chi connectivity index (χ4v) is 7.60. The molecule has 1 amide bonds. The number of anilines is 1. The van der Waals surface area contributed by atoms with E-state index in [1.807, 2.05) is 125 Å². The maximum atomic E-state index is 14.8. The molecule has 0 atom stereocenters. The van der Waals surface area contributed by atoms with Crippen LogP contribution in [0.15, 0.2) is 146 Å². The highest BCUT2D eigenvalue weighted by atomic mass is 35.5. The highest BCUT2D eigenvalue weighted by molar-refractivity contribution is 6.67. The van der Waals surface area contributed by atoms with Crippen LogP contribution in [0.4, 0.5) is 32.0 Å². The van der Waals surface area contributed by atoms with Crippen LogP contribution >= 0.6 is 11.6 Å². The monoisotopic (exact) mass is 1000 g/mol. The van der Waals surface area contributed by atoms with E-state index >= 15 is 0 Å². The molecule has 0 aliphatic rings. The number of ether oxygens (including phenoxy) is 5. The lowest BCUT2D eigenvalue weighted by Gasteiger charge is -2.24. The number of aromatic nitrogens is 1. The molecule has 1 aromatic heterocycles. The minimum Gasteiger partial charge on any atom is -0.491 e. The van der Waals surface area contributed by atoms with Gasteiger partial charge in [0.2, 0.25) is 0 Å². The summed E-state index contributed by atoms with van der Waals surface area (Å²) in [6.07, 6.45) is -8.57. The Hall–Kier alpha value is -7.46. The van der Waals surface area contributed by atoms with Crippen LogP contribution in [-0.2, 0) is 11.2 Å². The predicted molar refractivity (Wildman–Crippen MR) is 259 cm³/mol. The fourth-order valence-electron chi connectivity index (χ4n) is 7.47. The first-order valence-electron chi connectivity index (χ1n) is 22.4. The highest BCUT2D eigenvalue weighted by Crippen LogP contribution is 2.41. The van der Waals surface area contributed by atoms with Crippen molar-refractivity contribution in [2.45, 2.75) is 72.4 Å². The average molecular weight is 1000 g/mol. The maximum absolute atomic E-state index is 14.8. The second kappa shape index (κ2) is 23.4. The molecule has 1 heterocycles. The second-order valence-electron chi connectivity index (χ2n) is 16.3. The largest absolute Gasteiger partial charge is 0.573 e. The average Bonchev–Trinajstić information content (AvgIpc) is 3.64. The van der Waals surface area contributed by atoms with Gasteiger partial charge in [0.05, 0.1) is 30.0 Å². The van der Waals surface area contributed by atoms with Gasteiger partial charge < -0.3 is 33.2 Å². The third-order valence-corrected chi connectivity index (χ3v) is 10.5. The number of hydrogen-bond donors (Lipinski definition) is 0. The Morgan fingerprint density at radius 2 is 1.11 bits per heavy atom. The van der Waals surface area contributed by atoms with Crippen LogP contribution in [-0.4, -0.2) is 59.8 Å². The van der Waals surface area contributed by atoms with Crippen LogP contribution in [0.2, 0.25) is 0 Å². The van der Waals surface area contributed by atoms with Gasteiger partial charge in [-0.1, -0.05) is 48.5 Å². The summed E-state index contributed by atoms with van der Waals surface area (Å²) in [5.41, 5.74) is 4.65. The number of fused-ring (bicyclic) bond motifs is 1. The van der Waals surface area contributed by atoms with Crippen molar-refractivity contribution in [1.29, 1.82) is 0 Å². The smallest absolute Gasteiger partial charge is 0.491 e. The number of hydrogen-bond acceptors (Lipinski definition) is 8. The van der Waals surface area contributed by atoms with E-state index in [1.54, 1.807) is 11.5 Å². The standard InChI is InChI=1S/C46H45F3N2O6.C8H4ClF3O2/c1-6-54-45(53)43-42(50(28-10-13-32-11-8-7-9-12-32)44(52)34-16-23-39(24-17-34)57-46(47,48)49)40-29-35(33-14-21-37(22-15-33)55-30(2)3)18-27-41(40)51(43)36-19-25-38(26-20-36)56-31(4)5;9-7(13)5-1-3-6(4-2-5)14-8(10,11)12/h7-9,11-12,14-27,29-31H,6,10,13,28H2,1-5H3;1-4H. The number of esters is 1. The SMILES string of the molecule is CCOC(=O)c1c(N(CCCc2ccccc2)C(=O)c2ccc(OC(F)(F)F)cc2)c2cc(-c3ccc(OC(C)C)cc3)ccc2n1-c1ccc(OC(C)C)cc1.O=C(Cl)c1ccc(OC(F)(F)F)cc1. The number of carbonyl (C=O) groups is 3. The molecule has 0 aliphatic heterocycles. The molecule has 71 heavy (non-hydrogen) atoms. The van der Waals surface area contributed by atoms with E-state index in [4.69, 9.17) is 25.8 Å². The van der Waals surface area contributed by atoms with Crippen LogP contribution in [0.5, 0.6) is 23.0 Å². The lowest BCUT2D eigenvalue weighted by molar-refractivity contribution is -0.275. The van der Waals surface area contributed by atoms with Gasteiger partial charge in [0.15, 0.2) is 5.69 Å². The molecule has 0 N–H and O–H groups in total. The van der Waals surface area contributed by atoms with E-state index in [-0.39, 0.29) is 47.9 Å². The molecule has 0 saturated carbocycles. The third kappa shape index (κ3) is 14.8. The van der Waals surface area contributed by atoms with Gasteiger partial charge in [-0.3, -0.25) is 9.59 Å². The normalized spacial score (nSPS) is 11.5. The molecule has 0 radical (unpaired) electrons. The number of benzene rings is 6. The molecule has 0 bridgehead atoms. The van der Waals surface area contributed by atoms with Crippen LogP contribution in [0, 0.1) is 0 Å². The van der Waals surface area contributed by atoms with Crippen molar-refractivity contribution in [1.82, 2.24) is 4.57 Å². The third-order valence-electron chi connectivity index (χ3n) is 10.3. The molecule has 7 rings (SSSR count). The van der Waals surface area contributed by atoms with E-state index in [0.29, 0.717) is 40.9 Å². The molecule has 10 nitrogen and oxygen atoms in total. The van der Waals surface area contributed by atoms with E-state index in [1.165, 1.54) is 17.0 Å². The summed E-state index contributed by atoms with van der Waals surface area (Å²) < 4.78 is 101. The van der Waals surface area contributed by atoms with Gasteiger partial charge in [0.1, 0.15) is 23.0 Å². The van der Waals surface area contributed by atoms with Gasteiger partial charge in [0, 0.05) is 28.7 Å². The summed E-state index contributed by atoms with van der Waals surface area (Å²) in [4.78, 5) is 41.2. The molecule has 6 aromatic carbocycles. The van der Waals surface area contributed by atoms with Crippen molar-refractivity contribution < 1.29 is 64.4 Å². The van der Waals surface area contributed by atoms with Crippen molar-refractivity contribution in [2.24, 2.45) is 0 Å². The van der Waals surface area contributed by atoms with Crippen molar-refractivity contribution in [3.8, 4) is 39.8 Å². The number of aryl methyl sites for hydroxylation is 1. The summed E-state index contributed by atoms with van der Waals surface area (Å²) in [5, 5.41) is -0.144. The predicted octanol–water partition coefficient (Wildman–Crippen LogP) is 14.2. The molecule has 17 heteroatoms. The van der Waals surface area contributed by atoms with Gasteiger partial charge in [-0.15, -0.1) is 26.3 Å². The molecule has 7 aromatic rings. The number of rotatable bonds is 17. The Bertz CT molecular complexity index is 2890. The van der Waals surface area contributed by atoms with Crippen LogP contribution in [0.3, 0.4) is 0 Å². The second-order valence-corrected chi connectivity index (χ2v) is 16.6. The van der Waals surface area contributed by atoms with E-state index in [2.05, 4.69) is 9.47 Å². The highest BCUT2D eigenvalue weighted by Gasteiger charge is 2.34. The minimum absolute atomic E-state index is 0.000556. The van der Waals surface area contributed by atoms with E-state index in [9.17, 15) is 40.7 Å². The lowest BCUT2D eigenvalue weighted by Crippen LogP contribution is -2.34. The topological polar surface area (TPSA) is 106 Å². The van der Waals surface area contributed by atoms with Gasteiger partial charge >= 0.3 is 18.7 Å². The van der Waals surface area contributed by atoms with Gasteiger partial charge in [-0.2, -0.15) is 0 Å². The van der Waals surface area contributed by atoms with Crippen LogP contribution in [0.1, 0.15) is 77.8 Å². The summed E-state index contributed by atoms with van der Waals surface area (Å²) >= 11 is 5.09. The Morgan fingerprint density at radius 1 is 0.620 bits per heavy atom. The zero-order valence-electron chi connectivity index (χ0n) is 39.1. The molecular formula is C54H49ClF6N2O8. The van der Waals surface area contributed by atoms with Crippen molar-refractivity contribution in [3.63, 3.8) is 0 Å². The first-order chi connectivity index (χ1) is 33.7. The molecular weight excluding hydrogens is 954 g/mol. The van der Waals surface area contributed by atoms with Crippen molar-refractivity contribution in [2.75, 3.05) is 18.1 Å². The van der Waals surface area contributed by atoms with E-state index < -0.39 is 35.6 Å². The van der Waals surface area contributed by atoms with Gasteiger partial charge in [0.25, 0.3) is 11.1 Å². The van der Waals surface area contributed by atoms with Crippen molar-refractivity contribution >= 4 is 45.3 Å². The molecule has 0 unspecified atom stereocenters. The first-order valence-corrected chi connectivity index (χ1v) is 22.7. The number of carbonyl (C=O) groups excluding carboxylic acids is 3. The Kier molecular flexibility index (Phi) is 17.5. The maximum Gasteiger partial charge on any atom is 0.573 e. The zero-order chi connectivity index (χ0) is 51.5. The zero-order valence-corrected chi connectivity index (χ0v) is 39.9. The summed E-state index contributed by atoms with van der Waals surface area (Å²) in [6.45, 7) is 9.71. The van der Waals surface area contributed by atoms with E-state index in [0.717, 1.165) is 58.8 Å².